The van der Waals surface area contributed by atoms with E-state index < -0.39 is 28.4 Å². The topological polar surface area (TPSA) is 35.5 Å². The molecule has 2 fully saturated rings. The second-order valence-electron chi connectivity index (χ2n) is 15.4. The van der Waals surface area contributed by atoms with E-state index in [0.29, 0.717) is 24.5 Å². The Labute approximate surface area is 233 Å². The number of carbonyl (C=O) groups excluding carboxylic acids is 1. The lowest BCUT2D eigenvalue weighted by molar-refractivity contribution is -0.225. The molecule has 0 bridgehead atoms. The van der Waals surface area contributed by atoms with Gasteiger partial charge < -0.3 is 8.85 Å². The minimum absolute atomic E-state index is 0.0790. The van der Waals surface area contributed by atoms with Crippen LogP contribution in [-0.4, -0.2) is 39.8 Å². The zero-order valence-corrected chi connectivity index (χ0v) is 28.0. The van der Waals surface area contributed by atoms with Crippen LogP contribution in [0, 0.1) is 22.7 Å². The largest absolute Gasteiger partial charge is 0.419 e. The van der Waals surface area contributed by atoms with Crippen LogP contribution >= 0.6 is 0 Å². The highest BCUT2D eigenvalue weighted by Gasteiger charge is 2.56. The molecule has 2 aliphatic rings. The van der Waals surface area contributed by atoms with Gasteiger partial charge in [0.15, 0.2) is 22.2 Å². The van der Waals surface area contributed by atoms with Gasteiger partial charge in [0.1, 0.15) is 5.78 Å². The first-order valence-electron chi connectivity index (χ1n) is 14.6. The molecule has 2 rings (SSSR count). The summed E-state index contributed by atoms with van der Waals surface area (Å²) in [5.41, 5.74) is -2.82. The Morgan fingerprint density at radius 1 is 0.947 bits per heavy atom. The Morgan fingerprint density at radius 2 is 1.53 bits per heavy atom. The van der Waals surface area contributed by atoms with Gasteiger partial charge in [-0.05, 0) is 128 Å². The predicted octanol–water partition coefficient (Wildman–Crippen LogP) is 9.70. The summed E-state index contributed by atoms with van der Waals surface area (Å²) in [7, 11) is -4.15. The van der Waals surface area contributed by atoms with Crippen LogP contribution in [0.1, 0.15) is 92.4 Å². The molecule has 8 heteroatoms. The fourth-order valence-corrected chi connectivity index (χ4v) is 10.9. The summed E-state index contributed by atoms with van der Waals surface area (Å²) >= 11 is 0. The van der Waals surface area contributed by atoms with Crippen LogP contribution in [0.2, 0.25) is 39.3 Å². The Balaban J connectivity index is 2.34. The Morgan fingerprint density at radius 3 is 2.05 bits per heavy atom. The molecule has 0 N–H and O–H groups in total. The minimum atomic E-state index is -4.49. The third-order valence-electron chi connectivity index (χ3n) is 8.91. The van der Waals surface area contributed by atoms with E-state index in [-0.39, 0.29) is 22.3 Å². The lowest BCUT2D eigenvalue weighted by Crippen LogP contribution is -2.49. The first-order chi connectivity index (χ1) is 16.9. The number of rotatable bonds is 12. The van der Waals surface area contributed by atoms with Gasteiger partial charge in [0.25, 0.3) is 0 Å². The highest BCUT2D eigenvalue weighted by Crippen LogP contribution is 2.61. The maximum atomic E-state index is 14.1. The van der Waals surface area contributed by atoms with Crippen molar-refractivity contribution in [3.63, 3.8) is 0 Å². The number of carbonyl (C=O) groups is 1. The number of halogens is 3. The summed E-state index contributed by atoms with van der Waals surface area (Å²) in [6.45, 7) is 22.0. The quantitative estimate of drug-likeness (QED) is 0.171. The van der Waals surface area contributed by atoms with E-state index in [2.05, 4.69) is 47.3 Å². The molecule has 0 radical (unpaired) electrons. The molecule has 2 saturated carbocycles. The zero-order chi connectivity index (χ0) is 29.4. The van der Waals surface area contributed by atoms with Crippen LogP contribution in [0.4, 0.5) is 13.2 Å². The smallest absolute Gasteiger partial charge is 0.413 e. The van der Waals surface area contributed by atoms with Gasteiger partial charge in [0, 0.05) is 12.3 Å². The van der Waals surface area contributed by atoms with Gasteiger partial charge in [-0.2, -0.15) is 13.2 Å². The van der Waals surface area contributed by atoms with Crippen LogP contribution in [0.3, 0.4) is 0 Å². The van der Waals surface area contributed by atoms with E-state index >= 15 is 0 Å². The van der Waals surface area contributed by atoms with Gasteiger partial charge in [-0.25, -0.2) is 0 Å². The molecule has 2 aliphatic carbocycles. The highest BCUT2D eigenvalue weighted by molar-refractivity contribution is 6.70. The number of ketones is 1. The van der Waals surface area contributed by atoms with Crippen molar-refractivity contribution >= 4 is 22.4 Å². The van der Waals surface area contributed by atoms with Gasteiger partial charge in [-0.1, -0.05) is 26.3 Å². The van der Waals surface area contributed by atoms with Crippen LogP contribution in [0.5, 0.6) is 0 Å². The van der Waals surface area contributed by atoms with E-state index in [4.69, 9.17) is 8.85 Å². The van der Waals surface area contributed by atoms with Crippen molar-refractivity contribution in [2.24, 2.45) is 22.7 Å². The molecule has 222 valence electrons. The normalized spacial score (nSPS) is 28.8. The van der Waals surface area contributed by atoms with Crippen LogP contribution in [0.15, 0.2) is 12.2 Å². The summed E-state index contributed by atoms with van der Waals surface area (Å²) in [6.07, 6.45) is 6.29. The molecule has 0 spiro atoms. The fourth-order valence-electron chi connectivity index (χ4n) is 7.67. The molecule has 0 aliphatic heterocycles. The van der Waals surface area contributed by atoms with Crippen LogP contribution < -0.4 is 0 Å². The Hall–Kier alpha value is -0.446. The van der Waals surface area contributed by atoms with Crippen molar-refractivity contribution in [2.75, 3.05) is 0 Å². The molecule has 0 aromatic rings. The first kappa shape index (κ1) is 33.8. The van der Waals surface area contributed by atoms with Gasteiger partial charge in [-0.3, -0.25) is 4.79 Å². The predicted molar refractivity (Wildman–Crippen MR) is 156 cm³/mol. The molecule has 5 atom stereocenters. The van der Waals surface area contributed by atoms with Crippen molar-refractivity contribution in [1.29, 1.82) is 0 Å². The van der Waals surface area contributed by atoms with Gasteiger partial charge in [0.2, 0.25) is 0 Å². The molecule has 0 aromatic heterocycles. The molecular weight excluding hydrogens is 521 g/mol. The van der Waals surface area contributed by atoms with E-state index in [1.165, 1.54) is 6.08 Å². The Kier molecular flexibility index (Phi) is 10.2. The van der Waals surface area contributed by atoms with Crippen molar-refractivity contribution in [3.8, 4) is 0 Å². The summed E-state index contributed by atoms with van der Waals surface area (Å²) in [6, 6.07) is 0. The molecular formula is C30H55F3O3Si2. The van der Waals surface area contributed by atoms with E-state index in [1.807, 2.05) is 0 Å². The third kappa shape index (κ3) is 8.53. The summed E-state index contributed by atoms with van der Waals surface area (Å²) < 4.78 is 54.6. The zero-order valence-electron chi connectivity index (χ0n) is 26.0. The van der Waals surface area contributed by atoms with Gasteiger partial charge in [0.05, 0.1) is 5.60 Å². The average molecular weight is 577 g/mol. The monoisotopic (exact) mass is 576 g/mol. The number of fused-ring (bicyclic) bond motifs is 1. The van der Waals surface area contributed by atoms with Crippen molar-refractivity contribution in [3.05, 3.63) is 12.2 Å². The number of hydrogen-bond donors (Lipinski definition) is 0. The molecule has 0 heterocycles. The van der Waals surface area contributed by atoms with Crippen LogP contribution in [0.25, 0.3) is 0 Å². The average Bonchev–Trinajstić information content (AvgIpc) is 3.02. The Bertz CT molecular complexity index is 858. The highest BCUT2D eigenvalue weighted by atomic mass is 28.4. The second-order valence-corrected chi connectivity index (χ2v) is 24.3. The molecule has 2 unspecified atom stereocenters. The molecule has 38 heavy (non-hydrogen) atoms. The SMILES string of the molecule is CC(C)(CCC[C@](C)(C/C=C\C(C)(O[Si](C)(C)C)C(F)(F)F)[C@H]1CCC2C(=O)CCC[C@@]21C)O[Si](C)(C)C. The van der Waals surface area contributed by atoms with Gasteiger partial charge in [-0.15, -0.1) is 0 Å². The number of alkyl halides is 3. The summed E-state index contributed by atoms with van der Waals surface area (Å²) in [4.78, 5) is 12.9. The van der Waals surface area contributed by atoms with E-state index in [1.54, 1.807) is 25.7 Å². The van der Waals surface area contributed by atoms with Crippen molar-refractivity contribution in [2.45, 2.75) is 149 Å². The molecule has 0 saturated heterocycles. The molecule has 3 nitrogen and oxygen atoms in total. The second kappa shape index (κ2) is 11.4. The minimum Gasteiger partial charge on any atom is -0.413 e. The number of hydrogen-bond acceptors (Lipinski definition) is 3. The van der Waals surface area contributed by atoms with Crippen molar-refractivity contribution in [1.82, 2.24) is 0 Å². The number of allylic oxidation sites excluding steroid dienone is 1. The summed E-state index contributed by atoms with van der Waals surface area (Å²) in [5.74, 6) is 0.772. The fraction of sp³-hybridized carbons (Fsp3) is 0.900. The molecule has 0 amide bonds. The van der Waals surface area contributed by atoms with Crippen molar-refractivity contribution < 1.29 is 26.8 Å². The lowest BCUT2D eigenvalue weighted by Gasteiger charge is -2.48. The van der Waals surface area contributed by atoms with E-state index in [9.17, 15) is 18.0 Å². The molecule has 0 aromatic carbocycles. The first-order valence-corrected chi connectivity index (χ1v) is 21.4. The lowest BCUT2D eigenvalue weighted by atomic mass is 9.56. The maximum absolute atomic E-state index is 14.1. The van der Waals surface area contributed by atoms with E-state index in [0.717, 1.165) is 51.9 Å². The van der Waals surface area contributed by atoms with Gasteiger partial charge >= 0.3 is 6.18 Å². The van der Waals surface area contributed by atoms with Crippen LogP contribution in [-0.2, 0) is 13.6 Å². The number of Topliss-reactive ketones (excluding diaryl/α,β-unsaturated/α-hetero) is 1. The summed E-state index contributed by atoms with van der Waals surface area (Å²) in [5, 5.41) is 0. The third-order valence-corrected chi connectivity index (χ3v) is 11.1. The maximum Gasteiger partial charge on any atom is 0.419 e. The standard InChI is InChI=1S/C30H55F3O3Si2/c1-26(2,35-37(6,7)8)18-13-19-27(3,25-17-16-23-24(34)15-12-21-28(23,25)4)20-14-22-29(5,30(31,32)33)36-38(9,10)11/h14,22-23,25H,12-13,15-21H2,1-11H3/b22-14-/t23?,25-,27-,28+,29?/m1/s1.